The zero-order valence-corrected chi connectivity index (χ0v) is 15.9. The van der Waals surface area contributed by atoms with Crippen molar-refractivity contribution in [3.63, 3.8) is 0 Å². The van der Waals surface area contributed by atoms with E-state index in [1.54, 1.807) is 0 Å². The maximum absolute atomic E-state index is 12.7. The quantitative estimate of drug-likeness (QED) is 0.705. The molecule has 1 saturated heterocycles. The third-order valence-corrected chi connectivity index (χ3v) is 5.34. The van der Waals surface area contributed by atoms with Crippen LogP contribution in [0.5, 0.6) is 0 Å². The summed E-state index contributed by atoms with van der Waals surface area (Å²) in [6.45, 7) is 4.98. The molecule has 4 heteroatoms. The monoisotopic (exact) mass is 353 g/mol. The molecule has 0 radical (unpaired) electrons. The lowest BCUT2D eigenvalue weighted by atomic mass is 9.96. The van der Waals surface area contributed by atoms with Crippen LogP contribution in [0.3, 0.4) is 0 Å². The van der Waals surface area contributed by atoms with E-state index < -0.39 is 0 Å². The number of imidazole rings is 1. The van der Waals surface area contributed by atoms with Gasteiger partial charge < -0.3 is 9.47 Å². The van der Waals surface area contributed by atoms with Gasteiger partial charge in [0.25, 0.3) is 0 Å². The average molecular weight is 354 g/mol. The normalized spacial score (nSPS) is 17.4. The number of piperidine rings is 1. The van der Waals surface area contributed by atoms with E-state index in [-0.39, 0.29) is 0 Å². The lowest BCUT2D eigenvalue weighted by molar-refractivity contribution is -0.132. The van der Waals surface area contributed by atoms with E-state index in [0.717, 1.165) is 45.3 Å². The van der Waals surface area contributed by atoms with E-state index in [9.17, 15) is 4.79 Å². The molecule has 0 aliphatic carbocycles. The van der Waals surface area contributed by atoms with Crippen LogP contribution in [-0.4, -0.2) is 33.4 Å². The Labute approximate surface area is 157 Å². The van der Waals surface area contributed by atoms with E-state index in [1.807, 2.05) is 12.3 Å². The molecule has 1 aliphatic heterocycles. The van der Waals surface area contributed by atoms with E-state index in [4.69, 9.17) is 0 Å². The fourth-order valence-corrected chi connectivity index (χ4v) is 3.86. The smallest absolute Gasteiger partial charge is 0.222 e. The van der Waals surface area contributed by atoms with Crippen LogP contribution in [0.4, 0.5) is 0 Å². The molecule has 26 heavy (non-hydrogen) atoms. The number of hydrogen-bond acceptors (Lipinski definition) is 2. The highest BCUT2D eigenvalue weighted by Gasteiger charge is 2.27. The summed E-state index contributed by atoms with van der Waals surface area (Å²) in [4.78, 5) is 19.3. The van der Waals surface area contributed by atoms with Crippen molar-refractivity contribution in [2.45, 2.75) is 64.3 Å². The second-order valence-corrected chi connectivity index (χ2v) is 7.35. The highest BCUT2D eigenvalue weighted by Crippen LogP contribution is 2.26. The van der Waals surface area contributed by atoms with Crippen molar-refractivity contribution >= 4 is 5.91 Å². The molecule has 1 atom stereocenters. The second-order valence-electron chi connectivity index (χ2n) is 7.35. The number of unbranched alkanes of at least 4 members (excludes halogenated alkanes) is 1. The Bertz CT molecular complexity index is 680. The minimum atomic E-state index is 0.303. The van der Waals surface area contributed by atoms with Gasteiger partial charge in [0.2, 0.25) is 5.91 Å². The molecular formula is C22H31N3O. The van der Waals surface area contributed by atoms with Gasteiger partial charge in [0.15, 0.2) is 0 Å². The van der Waals surface area contributed by atoms with Crippen LogP contribution in [0.1, 0.15) is 62.8 Å². The summed E-state index contributed by atoms with van der Waals surface area (Å²) in [5, 5.41) is 0. The standard InChI is InChI=1S/C22H31N3O/c1-2-3-15-24-17-14-23-22(24)20-12-8-16-25(18-20)21(26)13-7-11-19-9-5-4-6-10-19/h4-6,9-10,14,17,20H,2-3,7-8,11-13,15-16,18H2,1H3/t20-/m0/s1. The van der Waals surface area contributed by atoms with Gasteiger partial charge in [0.1, 0.15) is 5.82 Å². The molecule has 2 heterocycles. The number of aromatic nitrogens is 2. The van der Waals surface area contributed by atoms with Gasteiger partial charge in [-0.3, -0.25) is 4.79 Å². The second kappa shape index (κ2) is 9.56. The molecule has 1 aliphatic rings. The van der Waals surface area contributed by atoms with Gasteiger partial charge in [0.05, 0.1) is 0 Å². The van der Waals surface area contributed by atoms with Crippen molar-refractivity contribution in [3.8, 4) is 0 Å². The lowest BCUT2D eigenvalue weighted by Gasteiger charge is -2.33. The molecule has 0 unspecified atom stereocenters. The van der Waals surface area contributed by atoms with Crippen LogP contribution in [0.25, 0.3) is 0 Å². The Morgan fingerprint density at radius 2 is 2.08 bits per heavy atom. The number of likely N-dealkylation sites (tertiary alicyclic amines) is 1. The number of carbonyl (C=O) groups is 1. The highest BCUT2D eigenvalue weighted by molar-refractivity contribution is 5.76. The summed E-state index contributed by atoms with van der Waals surface area (Å²) < 4.78 is 2.29. The fourth-order valence-electron chi connectivity index (χ4n) is 3.86. The number of carbonyl (C=O) groups excluding carboxylic acids is 1. The fraction of sp³-hybridized carbons (Fsp3) is 0.545. The third kappa shape index (κ3) is 4.96. The molecule has 4 nitrogen and oxygen atoms in total. The van der Waals surface area contributed by atoms with Gasteiger partial charge in [0, 0.05) is 44.4 Å². The van der Waals surface area contributed by atoms with Crippen LogP contribution in [0, 0.1) is 0 Å². The number of amides is 1. The number of rotatable bonds is 8. The molecule has 140 valence electrons. The van der Waals surface area contributed by atoms with E-state index in [0.29, 0.717) is 18.2 Å². The average Bonchev–Trinajstić information content (AvgIpc) is 3.16. The van der Waals surface area contributed by atoms with Crippen molar-refractivity contribution < 1.29 is 4.79 Å². The number of hydrogen-bond donors (Lipinski definition) is 0. The van der Waals surface area contributed by atoms with E-state index in [1.165, 1.54) is 24.2 Å². The Hall–Kier alpha value is -2.10. The van der Waals surface area contributed by atoms with Crippen LogP contribution >= 0.6 is 0 Å². The third-order valence-electron chi connectivity index (χ3n) is 5.34. The largest absolute Gasteiger partial charge is 0.342 e. The zero-order valence-electron chi connectivity index (χ0n) is 15.9. The minimum Gasteiger partial charge on any atom is -0.342 e. The Kier molecular flexibility index (Phi) is 6.87. The summed E-state index contributed by atoms with van der Waals surface area (Å²) >= 11 is 0. The van der Waals surface area contributed by atoms with E-state index in [2.05, 4.69) is 51.8 Å². The van der Waals surface area contributed by atoms with Crippen molar-refractivity contribution in [2.24, 2.45) is 0 Å². The van der Waals surface area contributed by atoms with Crippen LogP contribution < -0.4 is 0 Å². The molecule has 0 spiro atoms. The summed E-state index contributed by atoms with van der Waals surface area (Å²) in [6, 6.07) is 10.4. The van der Waals surface area contributed by atoms with Gasteiger partial charge in [-0.15, -0.1) is 0 Å². The number of benzene rings is 1. The topological polar surface area (TPSA) is 38.1 Å². The molecule has 0 N–H and O–H groups in total. The highest BCUT2D eigenvalue weighted by atomic mass is 16.2. The first-order valence-electron chi connectivity index (χ1n) is 10.1. The molecule has 1 aromatic carbocycles. The zero-order chi connectivity index (χ0) is 18.2. The van der Waals surface area contributed by atoms with Crippen LogP contribution in [0.2, 0.25) is 0 Å². The Morgan fingerprint density at radius 3 is 2.88 bits per heavy atom. The molecule has 3 rings (SSSR count). The van der Waals surface area contributed by atoms with Gasteiger partial charge in [-0.1, -0.05) is 43.7 Å². The first-order valence-corrected chi connectivity index (χ1v) is 10.1. The van der Waals surface area contributed by atoms with Crippen molar-refractivity contribution in [1.29, 1.82) is 0 Å². The summed E-state index contributed by atoms with van der Waals surface area (Å²) in [5.74, 6) is 1.85. The Balaban J connectivity index is 1.51. The van der Waals surface area contributed by atoms with Crippen molar-refractivity contribution in [3.05, 3.63) is 54.1 Å². The molecule has 0 bridgehead atoms. The van der Waals surface area contributed by atoms with Gasteiger partial charge in [-0.25, -0.2) is 4.98 Å². The molecule has 1 amide bonds. The van der Waals surface area contributed by atoms with Gasteiger partial charge in [-0.2, -0.15) is 0 Å². The Morgan fingerprint density at radius 1 is 1.23 bits per heavy atom. The number of aryl methyl sites for hydroxylation is 2. The van der Waals surface area contributed by atoms with E-state index >= 15 is 0 Å². The molecular weight excluding hydrogens is 322 g/mol. The molecule has 1 fully saturated rings. The molecule has 1 aromatic heterocycles. The van der Waals surface area contributed by atoms with Crippen LogP contribution in [0.15, 0.2) is 42.7 Å². The minimum absolute atomic E-state index is 0.303. The first kappa shape index (κ1) is 18.7. The predicted octanol–water partition coefficient (Wildman–Crippen LogP) is 4.41. The van der Waals surface area contributed by atoms with Gasteiger partial charge >= 0.3 is 0 Å². The van der Waals surface area contributed by atoms with Crippen molar-refractivity contribution in [2.75, 3.05) is 13.1 Å². The summed E-state index contributed by atoms with van der Waals surface area (Å²) in [5.41, 5.74) is 1.31. The lowest BCUT2D eigenvalue weighted by Crippen LogP contribution is -2.39. The summed E-state index contributed by atoms with van der Waals surface area (Å²) in [7, 11) is 0. The maximum atomic E-state index is 12.7. The van der Waals surface area contributed by atoms with Crippen molar-refractivity contribution in [1.82, 2.24) is 14.5 Å². The predicted molar refractivity (Wildman–Crippen MR) is 105 cm³/mol. The van der Waals surface area contributed by atoms with Crippen LogP contribution in [-0.2, 0) is 17.8 Å². The summed E-state index contributed by atoms with van der Waals surface area (Å²) in [6.07, 6.45) is 11.1. The molecule has 2 aromatic rings. The van der Waals surface area contributed by atoms with Gasteiger partial charge in [-0.05, 0) is 37.7 Å². The first-order chi connectivity index (χ1) is 12.8. The SMILES string of the molecule is CCCCn1ccnc1[C@H]1CCCN(C(=O)CCCc2ccccc2)C1. The molecule has 0 saturated carbocycles. The number of nitrogens with zero attached hydrogens (tertiary/aromatic N) is 3. The maximum Gasteiger partial charge on any atom is 0.222 e.